The van der Waals surface area contributed by atoms with E-state index in [1.807, 2.05) is 36.4 Å². The van der Waals surface area contributed by atoms with Crippen molar-refractivity contribution in [1.29, 1.82) is 0 Å². The van der Waals surface area contributed by atoms with Gasteiger partial charge in [-0.3, -0.25) is 0 Å². The second-order valence-corrected chi connectivity index (χ2v) is 15.4. The van der Waals surface area contributed by atoms with E-state index in [2.05, 4.69) is 178 Å². The summed E-state index contributed by atoms with van der Waals surface area (Å²) in [6.07, 6.45) is 5.32. The summed E-state index contributed by atoms with van der Waals surface area (Å²) in [7, 11) is 0. The molecule has 8 aromatic rings. The van der Waals surface area contributed by atoms with E-state index in [0.29, 0.717) is 11.5 Å². The molecule has 2 aliphatic rings. The molecule has 3 heteroatoms. The zero-order valence-electron chi connectivity index (χ0n) is 34.0. The zero-order chi connectivity index (χ0) is 41.5. The van der Waals surface area contributed by atoms with E-state index >= 15 is 0 Å². The number of furan rings is 1. The summed E-state index contributed by atoms with van der Waals surface area (Å²) in [6.45, 7) is 14.2. The van der Waals surface area contributed by atoms with Crippen LogP contribution in [0.2, 0.25) is 0 Å². The van der Waals surface area contributed by atoms with Crippen LogP contribution in [0, 0.1) is 0 Å². The molecule has 2 aliphatic carbocycles. The Bertz CT molecular complexity index is 3130. The lowest BCUT2D eigenvalue weighted by atomic mass is 9.69. The van der Waals surface area contributed by atoms with Gasteiger partial charge in [0.1, 0.15) is 11.5 Å². The Morgan fingerprint density at radius 3 is 1.77 bits per heavy atom. The number of allylic oxidation sites excluding steroid dienone is 3. The van der Waals surface area contributed by atoms with E-state index in [9.17, 15) is 0 Å². The van der Waals surface area contributed by atoms with Crippen molar-refractivity contribution < 1.29 is 4.42 Å². The summed E-state index contributed by atoms with van der Waals surface area (Å²) in [4.78, 5) is 10.3. The van der Waals surface area contributed by atoms with Crippen LogP contribution < -0.4 is 0 Å². The molecular formula is C58H42N2O. The first-order valence-electron chi connectivity index (χ1n) is 20.6. The first-order chi connectivity index (χ1) is 30.0. The van der Waals surface area contributed by atoms with Crippen LogP contribution in [0.1, 0.15) is 40.3 Å². The van der Waals surface area contributed by atoms with E-state index in [-0.39, 0.29) is 0 Å². The fraction of sp³-hybridized carbons (Fsp3) is 0.0345. The standard InChI is InChI=1S/C58H42N2O/c1-5-22-40(6-2)38(3)59-57(43-27-14-9-15-28-43)60-39(4)46-33-21-36-51-52(46)47-31-16-18-34-49(47)58(51)50-35-19-17-32-48(50)53-54(58)56(61-55(53)42-25-12-8-13-26-42)45-30-20-29-44(37-45)41-23-10-7-11-24-41/h5-37H,1-3H2,4H3/b40-22+,59-57?,60-39?. The Balaban J connectivity index is 1.26. The summed E-state index contributed by atoms with van der Waals surface area (Å²) in [5.41, 5.74) is 17.2. The average Bonchev–Trinajstić information content (AvgIpc) is 3.96. The highest BCUT2D eigenvalue weighted by Crippen LogP contribution is 2.67. The maximum absolute atomic E-state index is 7.32. The molecular weight excluding hydrogens is 741 g/mol. The van der Waals surface area contributed by atoms with Crippen LogP contribution in [-0.2, 0) is 5.41 Å². The number of hydrogen-bond acceptors (Lipinski definition) is 2. The molecule has 0 saturated heterocycles. The van der Waals surface area contributed by atoms with Gasteiger partial charge in [0.15, 0.2) is 5.84 Å². The second kappa shape index (κ2) is 15.4. The van der Waals surface area contributed by atoms with Crippen molar-refractivity contribution >= 4 is 11.5 Å². The number of aliphatic imine (C=N–C) groups is 2. The van der Waals surface area contributed by atoms with Crippen molar-refractivity contribution in [2.24, 2.45) is 9.98 Å². The topological polar surface area (TPSA) is 37.9 Å². The molecule has 7 aromatic carbocycles. The largest absolute Gasteiger partial charge is 0.455 e. The summed E-state index contributed by atoms with van der Waals surface area (Å²) in [5.74, 6) is 2.30. The summed E-state index contributed by atoms with van der Waals surface area (Å²) >= 11 is 0. The van der Waals surface area contributed by atoms with Gasteiger partial charge >= 0.3 is 0 Å². The maximum atomic E-state index is 7.32. The average molecular weight is 783 g/mol. The van der Waals surface area contributed by atoms with Gasteiger partial charge in [0, 0.05) is 39.1 Å². The molecule has 0 saturated carbocycles. The Hall–Kier alpha value is -7.88. The van der Waals surface area contributed by atoms with Crippen LogP contribution in [-0.4, -0.2) is 11.5 Å². The molecule has 1 spiro atoms. The quantitative estimate of drug-likeness (QED) is 0.0816. The van der Waals surface area contributed by atoms with Gasteiger partial charge in [0.2, 0.25) is 0 Å². The predicted octanol–water partition coefficient (Wildman–Crippen LogP) is 14.7. The van der Waals surface area contributed by atoms with Gasteiger partial charge in [-0.25, -0.2) is 9.98 Å². The SMILES string of the molecule is C=C/C=C(\C=C)C(=C)N=C(N=C(C)c1cccc2c1-c1ccccc1C21c2ccccc2-c2c(-c3ccccc3)oc(-c3cccc(-c4ccccc4)c3)c21)c1ccccc1. The molecule has 0 N–H and O–H groups in total. The lowest BCUT2D eigenvalue weighted by molar-refractivity contribution is 0.588. The van der Waals surface area contributed by atoms with Crippen molar-refractivity contribution in [1.82, 2.24) is 0 Å². The zero-order valence-corrected chi connectivity index (χ0v) is 34.0. The smallest absolute Gasteiger partial charge is 0.160 e. The Kier molecular flexibility index (Phi) is 9.43. The number of benzene rings is 7. The molecule has 10 rings (SSSR count). The fourth-order valence-electron chi connectivity index (χ4n) is 9.43. The summed E-state index contributed by atoms with van der Waals surface area (Å²) in [5, 5.41) is 0. The van der Waals surface area contributed by atoms with E-state index in [1.165, 1.54) is 27.8 Å². The third-order valence-corrected chi connectivity index (χ3v) is 12.0. The highest BCUT2D eigenvalue weighted by molar-refractivity contribution is 6.16. The normalized spacial score (nSPS) is 15.2. The molecule has 0 amide bonds. The number of rotatable bonds is 9. The monoisotopic (exact) mass is 782 g/mol. The van der Waals surface area contributed by atoms with Gasteiger partial charge in [-0.2, -0.15) is 0 Å². The molecule has 290 valence electrons. The minimum Gasteiger partial charge on any atom is -0.455 e. The van der Waals surface area contributed by atoms with Crippen molar-refractivity contribution in [3.05, 3.63) is 265 Å². The number of fused-ring (bicyclic) bond motifs is 10. The van der Waals surface area contributed by atoms with Crippen LogP contribution in [0.4, 0.5) is 0 Å². The van der Waals surface area contributed by atoms with Gasteiger partial charge in [-0.1, -0.05) is 214 Å². The molecule has 0 radical (unpaired) electrons. The Labute approximate surface area is 357 Å². The molecule has 1 atom stereocenters. The fourth-order valence-corrected chi connectivity index (χ4v) is 9.43. The number of nitrogens with zero attached hydrogens (tertiary/aromatic N) is 2. The van der Waals surface area contributed by atoms with E-state index < -0.39 is 5.41 Å². The molecule has 3 nitrogen and oxygen atoms in total. The number of hydrogen-bond donors (Lipinski definition) is 0. The minimum absolute atomic E-state index is 0.557. The predicted molar refractivity (Wildman–Crippen MR) is 254 cm³/mol. The van der Waals surface area contributed by atoms with Crippen LogP contribution in [0.3, 0.4) is 0 Å². The lowest BCUT2D eigenvalue weighted by Gasteiger charge is -2.30. The first-order valence-corrected chi connectivity index (χ1v) is 20.6. The molecule has 1 unspecified atom stereocenters. The highest BCUT2D eigenvalue weighted by Gasteiger charge is 2.55. The lowest BCUT2D eigenvalue weighted by Crippen LogP contribution is -2.26. The van der Waals surface area contributed by atoms with Gasteiger partial charge < -0.3 is 4.42 Å². The molecule has 0 fully saturated rings. The van der Waals surface area contributed by atoms with Crippen LogP contribution in [0.25, 0.3) is 56.0 Å². The van der Waals surface area contributed by atoms with Gasteiger partial charge in [-0.05, 0) is 63.1 Å². The van der Waals surface area contributed by atoms with Gasteiger partial charge in [0.25, 0.3) is 0 Å². The molecule has 0 bridgehead atoms. The molecule has 1 aromatic heterocycles. The van der Waals surface area contributed by atoms with Crippen LogP contribution >= 0.6 is 0 Å². The third-order valence-electron chi connectivity index (χ3n) is 12.0. The van der Waals surface area contributed by atoms with E-state index in [4.69, 9.17) is 14.4 Å². The molecule has 61 heavy (non-hydrogen) atoms. The Morgan fingerprint density at radius 2 is 1.10 bits per heavy atom. The number of amidine groups is 1. The van der Waals surface area contributed by atoms with Crippen LogP contribution in [0.15, 0.2) is 246 Å². The van der Waals surface area contributed by atoms with Crippen molar-refractivity contribution in [2.45, 2.75) is 12.3 Å². The maximum Gasteiger partial charge on any atom is 0.160 e. The molecule has 0 aliphatic heterocycles. The Morgan fingerprint density at radius 1 is 0.541 bits per heavy atom. The minimum atomic E-state index is -0.693. The van der Waals surface area contributed by atoms with Crippen LogP contribution in [0.5, 0.6) is 0 Å². The third kappa shape index (κ3) is 6.05. The van der Waals surface area contributed by atoms with Crippen molar-refractivity contribution in [3.8, 4) is 56.0 Å². The molecule has 1 heterocycles. The second-order valence-electron chi connectivity index (χ2n) is 15.4. The van der Waals surface area contributed by atoms with E-state index in [1.54, 1.807) is 12.2 Å². The van der Waals surface area contributed by atoms with Gasteiger partial charge in [0.05, 0.1) is 11.1 Å². The summed E-state index contributed by atoms with van der Waals surface area (Å²) in [6, 6.07) is 64.4. The highest BCUT2D eigenvalue weighted by atomic mass is 16.3. The van der Waals surface area contributed by atoms with Crippen molar-refractivity contribution in [2.75, 3.05) is 0 Å². The first kappa shape index (κ1) is 37.4. The summed E-state index contributed by atoms with van der Waals surface area (Å²) < 4.78 is 7.32. The van der Waals surface area contributed by atoms with Crippen molar-refractivity contribution in [3.63, 3.8) is 0 Å². The van der Waals surface area contributed by atoms with E-state index in [0.717, 1.165) is 72.9 Å². The van der Waals surface area contributed by atoms with Gasteiger partial charge in [-0.15, -0.1) is 0 Å².